The molecule has 0 unspecified atom stereocenters. The Bertz CT molecular complexity index is 1110. The Kier molecular flexibility index (Phi) is 6.88. The summed E-state index contributed by atoms with van der Waals surface area (Å²) in [6, 6.07) is 10.3. The molecule has 11 heteroatoms. The highest BCUT2D eigenvalue weighted by Crippen LogP contribution is 2.37. The summed E-state index contributed by atoms with van der Waals surface area (Å²) in [5.41, 5.74) is -2.14. The molecule has 0 radical (unpaired) electrons. The van der Waals surface area contributed by atoms with Crippen LogP contribution in [-0.4, -0.2) is 39.7 Å². The normalized spacial score (nSPS) is 19.1. The van der Waals surface area contributed by atoms with Crippen molar-refractivity contribution in [1.82, 2.24) is 14.5 Å². The number of hydrogen-bond donors (Lipinski definition) is 0. The summed E-state index contributed by atoms with van der Waals surface area (Å²) in [4.78, 5) is 18.3. The number of nitrogens with zero attached hydrogens (tertiary/aromatic N) is 3. The third kappa shape index (κ3) is 5.84. The van der Waals surface area contributed by atoms with E-state index in [1.165, 1.54) is 23.3 Å². The van der Waals surface area contributed by atoms with Crippen molar-refractivity contribution in [2.24, 2.45) is 0 Å². The standard InChI is InChI=1S/C24H21F6N3O2/c25-23(26,27)18-10-16(11-19(12-18)24(28,29)30)14-35-21-6-8-32(22(34)33-9-7-31-15-33)13-20(21)17-4-2-1-3-5-17/h1-5,7,9-12,15,20-21H,6,8,13-14H2/t20-,21-/m1/s1. The fraction of sp³-hybridized carbons (Fsp3) is 0.333. The van der Waals surface area contributed by atoms with Crippen LogP contribution in [0.1, 0.15) is 34.6 Å². The number of aromatic nitrogens is 2. The lowest BCUT2D eigenvalue weighted by atomic mass is 9.88. The molecule has 0 aliphatic carbocycles. The molecule has 2 heterocycles. The lowest BCUT2D eigenvalue weighted by Gasteiger charge is -2.38. The number of amides is 1. The van der Waals surface area contributed by atoms with Gasteiger partial charge in [0.15, 0.2) is 0 Å². The molecule has 186 valence electrons. The van der Waals surface area contributed by atoms with Gasteiger partial charge in [-0.3, -0.25) is 4.57 Å². The minimum absolute atomic E-state index is 0.0937. The van der Waals surface area contributed by atoms with Gasteiger partial charge in [-0.1, -0.05) is 30.3 Å². The van der Waals surface area contributed by atoms with E-state index >= 15 is 0 Å². The summed E-state index contributed by atoms with van der Waals surface area (Å²) in [5.74, 6) is -0.328. The van der Waals surface area contributed by atoms with Crippen molar-refractivity contribution in [3.05, 3.63) is 89.5 Å². The van der Waals surface area contributed by atoms with Crippen molar-refractivity contribution < 1.29 is 35.9 Å². The van der Waals surface area contributed by atoms with Gasteiger partial charge in [0.2, 0.25) is 0 Å². The van der Waals surface area contributed by atoms with Gasteiger partial charge in [0.1, 0.15) is 6.33 Å². The van der Waals surface area contributed by atoms with E-state index in [9.17, 15) is 31.1 Å². The van der Waals surface area contributed by atoms with Crippen LogP contribution in [0.2, 0.25) is 0 Å². The van der Waals surface area contributed by atoms with E-state index in [0.29, 0.717) is 25.1 Å². The predicted octanol–water partition coefficient (Wildman–Crippen LogP) is 5.96. The Labute approximate surface area is 196 Å². The zero-order valence-electron chi connectivity index (χ0n) is 18.3. The van der Waals surface area contributed by atoms with E-state index in [0.717, 1.165) is 5.56 Å². The van der Waals surface area contributed by atoms with Gasteiger partial charge in [-0.25, -0.2) is 9.78 Å². The maximum Gasteiger partial charge on any atom is 0.416 e. The lowest BCUT2D eigenvalue weighted by Crippen LogP contribution is -2.47. The van der Waals surface area contributed by atoms with Gasteiger partial charge in [0.05, 0.1) is 23.8 Å². The molecule has 2 aromatic carbocycles. The molecule has 0 saturated carbocycles. The molecule has 1 aliphatic heterocycles. The second-order valence-corrected chi connectivity index (χ2v) is 8.27. The Hall–Kier alpha value is -3.34. The van der Waals surface area contributed by atoms with E-state index in [1.807, 2.05) is 30.3 Å². The summed E-state index contributed by atoms with van der Waals surface area (Å²) in [5, 5.41) is 0. The molecule has 2 atom stereocenters. The van der Waals surface area contributed by atoms with Crippen LogP contribution in [0.3, 0.4) is 0 Å². The Morgan fingerprint density at radius 1 is 1.00 bits per heavy atom. The minimum atomic E-state index is -4.93. The Morgan fingerprint density at radius 3 is 2.23 bits per heavy atom. The number of carbonyl (C=O) groups excluding carboxylic acids is 1. The highest BCUT2D eigenvalue weighted by atomic mass is 19.4. The third-order valence-corrected chi connectivity index (χ3v) is 5.88. The monoisotopic (exact) mass is 497 g/mol. The zero-order chi connectivity index (χ0) is 25.2. The molecule has 1 saturated heterocycles. The van der Waals surface area contributed by atoms with E-state index < -0.39 is 36.2 Å². The molecule has 35 heavy (non-hydrogen) atoms. The van der Waals surface area contributed by atoms with Gasteiger partial charge in [0.25, 0.3) is 0 Å². The van der Waals surface area contributed by atoms with Crippen molar-refractivity contribution in [2.45, 2.75) is 37.4 Å². The topological polar surface area (TPSA) is 47.4 Å². The summed E-state index contributed by atoms with van der Waals surface area (Å²) in [6.45, 7) is 0.139. The van der Waals surface area contributed by atoms with Crippen LogP contribution < -0.4 is 0 Å². The van der Waals surface area contributed by atoms with E-state index in [2.05, 4.69) is 4.98 Å². The van der Waals surface area contributed by atoms with Crippen LogP contribution in [0.25, 0.3) is 0 Å². The van der Waals surface area contributed by atoms with E-state index in [4.69, 9.17) is 4.74 Å². The predicted molar refractivity (Wildman–Crippen MR) is 113 cm³/mol. The molecular weight excluding hydrogens is 476 g/mol. The first-order chi connectivity index (χ1) is 16.5. The summed E-state index contributed by atoms with van der Waals surface area (Å²) < 4.78 is 86.4. The fourth-order valence-corrected chi connectivity index (χ4v) is 4.17. The first kappa shape index (κ1) is 24.8. The summed E-state index contributed by atoms with van der Waals surface area (Å²) >= 11 is 0. The number of imidazole rings is 1. The Morgan fingerprint density at radius 2 is 1.66 bits per heavy atom. The molecule has 1 fully saturated rings. The quantitative estimate of drug-likeness (QED) is 0.418. The molecule has 3 aromatic rings. The minimum Gasteiger partial charge on any atom is -0.373 e. The molecule has 1 aliphatic rings. The maximum absolute atomic E-state index is 13.2. The zero-order valence-corrected chi connectivity index (χ0v) is 18.3. The maximum atomic E-state index is 13.2. The molecule has 5 nitrogen and oxygen atoms in total. The van der Waals surface area contributed by atoms with Gasteiger partial charge in [-0.05, 0) is 35.7 Å². The Balaban J connectivity index is 1.56. The van der Waals surface area contributed by atoms with Crippen molar-refractivity contribution in [3.8, 4) is 0 Å². The molecule has 4 rings (SSSR count). The van der Waals surface area contributed by atoms with Crippen LogP contribution in [0.4, 0.5) is 31.1 Å². The number of piperidine rings is 1. The van der Waals surface area contributed by atoms with Crippen molar-refractivity contribution in [1.29, 1.82) is 0 Å². The number of alkyl halides is 6. The number of halogens is 6. The molecule has 0 bridgehead atoms. The number of carbonyl (C=O) groups is 1. The average molecular weight is 497 g/mol. The SMILES string of the molecule is O=C(N1CC[C@@H](OCc2cc(C(F)(F)F)cc(C(F)(F)F)c2)[C@@H](c2ccccc2)C1)n1ccnc1. The highest BCUT2D eigenvalue weighted by Gasteiger charge is 2.38. The van der Waals surface area contributed by atoms with Crippen LogP contribution in [0.15, 0.2) is 67.3 Å². The summed E-state index contributed by atoms with van der Waals surface area (Å²) in [7, 11) is 0. The van der Waals surface area contributed by atoms with E-state index in [-0.39, 0.29) is 30.1 Å². The number of ether oxygens (including phenoxy) is 1. The number of likely N-dealkylation sites (tertiary alicyclic amines) is 1. The first-order valence-electron chi connectivity index (χ1n) is 10.7. The van der Waals surface area contributed by atoms with Crippen molar-refractivity contribution >= 4 is 6.03 Å². The molecule has 1 aromatic heterocycles. The van der Waals surface area contributed by atoms with E-state index in [1.54, 1.807) is 4.90 Å². The lowest BCUT2D eigenvalue weighted by molar-refractivity contribution is -0.143. The van der Waals surface area contributed by atoms with Crippen LogP contribution in [-0.2, 0) is 23.7 Å². The largest absolute Gasteiger partial charge is 0.416 e. The van der Waals surface area contributed by atoms with Gasteiger partial charge < -0.3 is 9.64 Å². The third-order valence-electron chi connectivity index (χ3n) is 5.88. The van der Waals surface area contributed by atoms with Crippen LogP contribution in [0, 0.1) is 0 Å². The molecule has 1 amide bonds. The van der Waals surface area contributed by atoms with Gasteiger partial charge >= 0.3 is 18.4 Å². The second kappa shape index (κ2) is 9.73. The first-order valence-corrected chi connectivity index (χ1v) is 10.7. The van der Waals surface area contributed by atoms with Gasteiger partial charge in [-0.2, -0.15) is 26.3 Å². The smallest absolute Gasteiger partial charge is 0.373 e. The molecule has 0 spiro atoms. The molecule has 0 N–H and O–H groups in total. The average Bonchev–Trinajstić information content (AvgIpc) is 3.36. The van der Waals surface area contributed by atoms with Crippen LogP contribution in [0.5, 0.6) is 0 Å². The number of benzene rings is 2. The highest BCUT2D eigenvalue weighted by molar-refractivity contribution is 5.76. The van der Waals surface area contributed by atoms with Gasteiger partial charge in [0, 0.05) is 31.4 Å². The second-order valence-electron chi connectivity index (χ2n) is 8.27. The molecular formula is C24H21F6N3O2. The van der Waals surface area contributed by atoms with Crippen LogP contribution >= 0.6 is 0 Å². The fourth-order valence-electron chi connectivity index (χ4n) is 4.17. The number of hydrogen-bond acceptors (Lipinski definition) is 3. The van der Waals surface area contributed by atoms with Crippen molar-refractivity contribution in [3.63, 3.8) is 0 Å². The summed E-state index contributed by atoms with van der Waals surface area (Å²) in [6.07, 6.45) is -5.64. The van der Waals surface area contributed by atoms with Gasteiger partial charge in [-0.15, -0.1) is 0 Å². The number of rotatable bonds is 4. The van der Waals surface area contributed by atoms with Crippen molar-refractivity contribution in [2.75, 3.05) is 13.1 Å².